The van der Waals surface area contributed by atoms with Crippen LogP contribution < -0.4 is 4.74 Å². The minimum Gasteiger partial charge on any atom is -0.508 e. The first kappa shape index (κ1) is 21.3. The first-order valence-corrected chi connectivity index (χ1v) is 9.61. The number of hydrogen-bond donors (Lipinski definition) is 7. The summed E-state index contributed by atoms with van der Waals surface area (Å²) in [7, 11) is 0. The molecule has 0 aliphatic carbocycles. The highest BCUT2D eigenvalue weighted by molar-refractivity contribution is 6.03. The molecule has 10 nitrogen and oxygen atoms in total. The van der Waals surface area contributed by atoms with Crippen molar-refractivity contribution in [1.29, 1.82) is 0 Å². The molecular weight excluding hydrogens is 412 g/mol. The Morgan fingerprint density at radius 2 is 1.65 bits per heavy atom. The average molecular weight is 434 g/mol. The number of Topliss-reactive ketones (excluding diaryl/α,β-unsaturated/α-hetero) is 1. The fourth-order valence-corrected chi connectivity index (χ4v) is 3.97. The van der Waals surface area contributed by atoms with Crippen molar-refractivity contribution in [2.24, 2.45) is 0 Å². The Morgan fingerprint density at radius 3 is 2.29 bits per heavy atom. The van der Waals surface area contributed by atoms with Crippen LogP contribution in [-0.2, 0) is 4.74 Å². The van der Waals surface area contributed by atoms with Crippen LogP contribution in [0.4, 0.5) is 0 Å². The zero-order chi connectivity index (χ0) is 22.4. The zero-order valence-electron chi connectivity index (χ0n) is 16.1. The molecular formula is C21H22O10. The van der Waals surface area contributed by atoms with Gasteiger partial charge in [-0.3, -0.25) is 4.79 Å². The van der Waals surface area contributed by atoms with E-state index in [1.54, 1.807) is 12.1 Å². The van der Waals surface area contributed by atoms with Crippen molar-refractivity contribution in [3.8, 4) is 23.0 Å². The third-order valence-corrected chi connectivity index (χ3v) is 5.64. The number of phenols is 3. The molecule has 31 heavy (non-hydrogen) atoms. The molecule has 0 saturated carbocycles. The number of ketones is 1. The van der Waals surface area contributed by atoms with Gasteiger partial charge in [0.25, 0.3) is 0 Å². The Kier molecular flexibility index (Phi) is 5.50. The van der Waals surface area contributed by atoms with Gasteiger partial charge in [0.1, 0.15) is 65.2 Å². The molecule has 0 aromatic heterocycles. The Hall–Kier alpha value is -2.89. The third-order valence-electron chi connectivity index (χ3n) is 5.64. The molecule has 0 unspecified atom stereocenters. The van der Waals surface area contributed by atoms with Gasteiger partial charge in [-0.15, -0.1) is 0 Å². The van der Waals surface area contributed by atoms with Gasteiger partial charge in [-0.1, -0.05) is 12.1 Å². The summed E-state index contributed by atoms with van der Waals surface area (Å²) in [4.78, 5) is 12.8. The SMILES string of the molecule is O=C1C[C@@H](c2ccc(O)cc2)Oc2cc(O)c([C@@H]3O[C@H](CO)[C@@H](O)[C@H](O)[C@@H]3O)c(O)c21. The van der Waals surface area contributed by atoms with E-state index in [0.717, 1.165) is 6.07 Å². The van der Waals surface area contributed by atoms with Crippen LogP contribution >= 0.6 is 0 Å². The number of fused-ring (bicyclic) bond motifs is 1. The van der Waals surface area contributed by atoms with Crippen LogP contribution in [0, 0.1) is 0 Å². The number of carbonyl (C=O) groups is 1. The number of benzene rings is 2. The van der Waals surface area contributed by atoms with Gasteiger partial charge in [-0.2, -0.15) is 0 Å². The van der Waals surface area contributed by atoms with E-state index < -0.39 is 60.5 Å². The van der Waals surface area contributed by atoms with Crippen LogP contribution in [-0.4, -0.2) is 72.6 Å². The molecule has 2 aromatic rings. The lowest BCUT2D eigenvalue weighted by molar-refractivity contribution is -0.232. The summed E-state index contributed by atoms with van der Waals surface area (Å²) in [5.74, 6) is -1.79. The molecule has 2 aromatic carbocycles. The highest BCUT2D eigenvalue weighted by Gasteiger charge is 2.47. The zero-order valence-corrected chi connectivity index (χ0v) is 16.1. The number of hydrogen-bond acceptors (Lipinski definition) is 10. The molecule has 7 N–H and O–H groups in total. The second-order valence-corrected chi connectivity index (χ2v) is 7.61. The summed E-state index contributed by atoms with van der Waals surface area (Å²) in [6.45, 7) is -0.690. The maximum Gasteiger partial charge on any atom is 0.174 e. The number of aromatic hydroxyl groups is 3. The molecule has 0 radical (unpaired) electrons. The molecule has 0 amide bonds. The standard InChI is InChI=1S/C21H22O10/c22-7-14-17(26)19(28)20(29)21(31-14)16-11(25)6-13-15(18(16)27)10(24)5-12(30-13)8-1-3-9(23)4-2-8/h1-4,6,12,14,17,19-23,25-29H,5,7H2/t12-,14+,17+,19-,20-,21-/m0/s1. The molecule has 1 fully saturated rings. The van der Waals surface area contributed by atoms with E-state index in [1.807, 2.05) is 0 Å². The molecule has 6 atom stereocenters. The van der Waals surface area contributed by atoms with E-state index in [0.29, 0.717) is 5.56 Å². The van der Waals surface area contributed by atoms with E-state index >= 15 is 0 Å². The Labute approximate surface area is 176 Å². The Balaban J connectivity index is 1.72. The smallest absolute Gasteiger partial charge is 0.174 e. The van der Waals surface area contributed by atoms with Crippen molar-refractivity contribution < 1.29 is 50.0 Å². The van der Waals surface area contributed by atoms with Gasteiger partial charge in [0.2, 0.25) is 0 Å². The second-order valence-electron chi connectivity index (χ2n) is 7.61. The summed E-state index contributed by atoms with van der Waals surface area (Å²) in [6, 6.07) is 7.14. The fourth-order valence-electron chi connectivity index (χ4n) is 3.97. The highest BCUT2D eigenvalue weighted by Crippen LogP contribution is 2.49. The maximum absolute atomic E-state index is 12.8. The minimum absolute atomic E-state index is 0.0470. The lowest BCUT2D eigenvalue weighted by atomic mass is 9.87. The molecule has 2 aliphatic heterocycles. The number of phenolic OH excluding ortho intramolecular Hbond substituents is 3. The van der Waals surface area contributed by atoms with Crippen LogP contribution in [0.2, 0.25) is 0 Å². The van der Waals surface area contributed by atoms with Crippen LogP contribution in [0.3, 0.4) is 0 Å². The number of ether oxygens (including phenoxy) is 2. The van der Waals surface area contributed by atoms with Gasteiger partial charge in [0.15, 0.2) is 5.78 Å². The van der Waals surface area contributed by atoms with E-state index in [2.05, 4.69) is 0 Å². The van der Waals surface area contributed by atoms with Crippen LogP contribution in [0.15, 0.2) is 30.3 Å². The molecule has 10 heteroatoms. The largest absolute Gasteiger partial charge is 0.508 e. The molecule has 2 aliphatic rings. The van der Waals surface area contributed by atoms with Crippen LogP contribution in [0.25, 0.3) is 0 Å². The second kappa shape index (κ2) is 7.98. The number of aliphatic hydroxyl groups excluding tert-OH is 4. The van der Waals surface area contributed by atoms with Crippen molar-refractivity contribution >= 4 is 5.78 Å². The van der Waals surface area contributed by atoms with Crippen molar-refractivity contribution in [3.63, 3.8) is 0 Å². The molecule has 0 spiro atoms. The number of rotatable bonds is 3. The van der Waals surface area contributed by atoms with Crippen molar-refractivity contribution in [2.45, 2.75) is 43.0 Å². The summed E-state index contributed by atoms with van der Waals surface area (Å²) < 4.78 is 11.2. The van der Waals surface area contributed by atoms with Crippen molar-refractivity contribution in [1.82, 2.24) is 0 Å². The third kappa shape index (κ3) is 3.58. The normalized spacial score (nSPS) is 30.5. The fraction of sp³-hybridized carbons (Fsp3) is 0.381. The lowest BCUT2D eigenvalue weighted by Crippen LogP contribution is -2.55. The topological polar surface area (TPSA) is 177 Å². The van der Waals surface area contributed by atoms with Gasteiger partial charge < -0.3 is 45.2 Å². The number of aliphatic hydroxyl groups is 4. The Bertz CT molecular complexity index is 987. The lowest BCUT2D eigenvalue weighted by Gasteiger charge is -2.40. The molecule has 2 heterocycles. The summed E-state index contributed by atoms with van der Waals surface area (Å²) >= 11 is 0. The summed E-state index contributed by atoms with van der Waals surface area (Å²) in [5, 5.41) is 70.4. The monoisotopic (exact) mass is 434 g/mol. The Morgan fingerprint density at radius 1 is 0.968 bits per heavy atom. The highest BCUT2D eigenvalue weighted by atomic mass is 16.5. The predicted octanol–water partition coefficient (Wildman–Crippen LogP) is 0.0248. The van der Waals surface area contributed by atoms with E-state index in [4.69, 9.17) is 9.47 Å². The van der Waals surface area contributed by atoms with E-state index in [9.17, 15) is 40.5 Å². The van der Waals surface area contributed by atoms with E-state index in [-0.39, 0.29) is 29.0 Å². The average Bonchev–Trinajstić information content (AvgIpc) is 2.73. The van der Waals surface area contributed by atoms with Gasteiger partial charge in [0, 0.05) is 6.07 Å². The summed E-state index contributed by atoms with van der Waals surface area (Å²) in [5.41, 5.74) is 0.0178. The van der Waals surface area contributed by atoms with Gasteiger partial charge in [0.05, 0.1) is 18.6 Å². The van der Waals surface area contributed by atoms with Crippen molar-refractivity contribution in [3.05, 3.63) is 47.0 Å². The van der Waals surface area contributed by atoms with Gasteiger partial charge >= 0.3 is 0 Å². The maximum atomic E-state index is 12.8. The first-order chi connectivity index (χ1) is 14.7. The molecule has 0 bridgehead atoms. The van der Waals surface area contributed by atoms with Crippen molar-refractivity contribution in [2.75, 3.05) is 6.61 Å². The van der Waals surface area contributed by atoms with Gasteiger partial charge in [-0.05, 0) is 17.7 Å². The van der Waals surface area contributed by atoms with Gasteiger partial charge in [-0.25, -0.2) is 0 Å². The van der Waals surface area contributed by atoms with Crippen LogP contribution in [0.1, 0.15) is 40.1 Å². The minimum atomic E-state index is -1.75. The van der Waals surface area contributed by atoms with E-state index in [1.165, 1.54) is 12.1 Å². The predicted molar refractivity (Wildman–Crippen MR) is 103 cm³/mol. The molecule has 1 saturated heterocycles. The summed E-state index contributed by atoms with van der Waals surface area (Å²) in [6.07, 6.45) is -8.72. The number of carbonyl (C=O) groups excluding carboxylic acids is 1. The van der Waals surface area contributed by atoms with Crippen LogP contribution in [0.5, 0.6) is 23.0 Å². The quantitative estimate of drug-likeness (QED) is 0.348. The molecule has 4 rings (SSSR count). The molecule has 166 valence electrons. The first-order valence-electron chi connectivity index (χ1n) is 9.61.